The van der Waals surface area contributed by atoms with E-state index in [9.17, 15) is 5.11 Å². The third-order valence-corrected chi connectivity index (χ3v) is 13.8. The molecule has 244 valence electrons. The molecule has 0 bridgehead atoms. The van der Waals surface area contributed by atoms with E-state index in [1.165, 1.54) is 63.8 Å². The summed E-state index contributed by atoms with van der Waals surface area (Å²) in [6, 6.07) is 8.59. The number of allylic oxidation sites excluding steroid dienone is 1. The average Bonchev–Trinajstić information content (AvgIpc) is 3.80. The third-order valence-electron chi connectivity index (χ3n) is 13.8. The Morgan fingerprint density at radius 1 is 0.795 bits per heavy atom. The molecule has 0 amide bonds. The first kappa shape index (κ1) is 31.2. The van der Waals surface area contributed by atoms with Gasteiger partial charge in [0, 0.05) is 18.5 Å². The van der Waals surface area contributed by atoms with Gasteiger partial charge in [-0.05, 0) is 138 Å². The van der Waals surface area contributed by atoms with Crippen LogP contribution in [0.5, 0.6) is 5.75 Å². The van der Waals surface area contributed by atoms with Crippen LogP contribution in [0, 0.1) is 22.7 Å². The molecule has 0 aromatic heterocycles. The summed E-state index contributed by atoms with van der Waals surface area (Å²) in [5.41, 5.74) is 1.43. The molecule has 0 radical (unpaired) electrons. The minimum atomic E-state index is -0.735. The van der Waals surface area contributed by atoms with Gasteiger partial charge in [-0.2, -0.15) is 0 Å². The van der Waals surface area contributed by atoms with E-state index in [4.69, 9.17) is 14.2 Å². The zero-order valence-electron chi connectivity index (χ0n) is 27.8. The maximum Gasteiger partial charge on any atom is 0.118 e. The molecule has 1 aromatic carbocycles. The van der Waals surface area contributed by atoms with E-state index in [0.29, 0.717) is 11.8 Å². The van der Waals surface area contributed by atoms with Crippen LogP contribution >= 0.6 is 0 Å². The molecule has 2 saturated heterocycles. The molecule has 0 spiro atoms. The monoisotopic (exact) mass is 606 g/mol. The lowest BCUT2D eigenvalue weighted by atomic mass is 9.44. The maximum atomic E-state index is 13.1. The summed E-state index contributed by atoms with van der Waals surface area (Å²) in [5.74, 6) is 1.69. The standard InChI is InChI=1S/C38H58N2O4/c1-35-16-14-32(43-26-24-39-20-4-5-21-39)28-30(35)10-13-34-33(35)15-17-36(2)37(34,41)18-19-38(36,29-8-11-31(42-3)12-9-29)44-27-25-40-22-6-7-23-40/h8-9,11-12,28,32-34,41H,4-7,10,13-27H2,1-3H3/t32-,33-,34+,35-,36-,37-,38+/m0/s1. The Morgan fingerprint density at radius 2 is 1.48 bits per heavy atom. The van der Waals surface area contributed by atoms with Gasteiger partial charge in [0.2, 0.25) is 0 Å². The van der Waals surface area contributed by atoms with Gasteiger partial charge in [-0.3, -0.25) is 0 Å². The molecular weight excluding hydrogens is 548 g/mol. The fraction of sp³-hybridized carbons (Fsp3) is 0.789. The number of rotatable bonds is 10. The molecule has 1 N–H and O–H groups in total. The number of likely N-dealkylation sites (tertiary alicyclic amines) is 2. The number of hydrogen-bond acceptors (Lipinski definition) is 6. The van der Waals surface area contributed by atoms with Gasteiger partial charge in [0.25, 0.3) is 0 Å². The van der Waals surface area contributed by atoms with E-state index >= 15 is 0 Å². The van der Waals surface area contributed by atoms with Crippen LogP contribution in [0.2, 0.25) is 0 Å². The van der Waals surface area contributed by atoms with Crippen molar-refractivity contribution in [3.63, 3.8) is 0 Å². The van der Waals surface area contributed by atoms with E-state index in [0.717, 1.165) is 77.0 Å². The molecule has 4 aliphatic carbocycles. The quantitative estimate of drug-likeness (QED) is 0.305. The zero-order chi connectivity index (χ0) is 30.4. The molecule has 1 aromatic rings. The minimum absolute atomic E-state index is 0.163. The van der Waals surface area contributed by atoms with E-state index in [1.807, 2.05) is 0 Å². The number of hydrogen-bond donors (Lipinski definition) is 1. The average molecular weight is 607 g/mol. The van der Waals surface area contributed by atoms with Crippen LogP contribution in [-0.2, 0) is 15.1 Å². The lowest BCUT2D eigenvalue weighted by Crippen LogP contribution is -2.64. The second kappa shape index (κ2) is 12.3. The van der Waals surface area contributed by atoms with Crippen molar-refractivity contribution >= 4 is 0 Å². The van der Waals surface area contributed by atoms with Gasteiger partial charge in [-0.1, -0.05) is 37.6 Å². The van der Waals surface area contributed by atoms with E-state index in [1.54, 1.807) is 12.7 Å². The summed E-state index contributed by atoms with van der Waals surface area (Å²) in [4.78, 5) is 5.10. The van der Waals surface area contributed by atoms with Crippen LogP contribution in [-0.4, -0.2) is 86.2 Å². The highest BCUT2D eigenvalue weighted by Gasteiger charge is 2.72. The summed E-state index contributed by atoms with van der Waals surface area (Å²) in [7, 11) is 1.73. The molecular formula is C38H58N2O4. The maximum absolute atomic E-state index is 13.1. The first-order valence-corrected chi connectivity index (χ1v) is 18.1. The highest BCUT2D eigenvalue weighted by Crippen LogP contribution is 2.72. The normalized spacial score (nSPS) is 40.8. The Labute approximate surface area is 266 Å². The summed E-state index contributed by atoms with van der Waals surface area (Å²) < 4.78 is 19.2. The number of nitrogens with zero attached hydrogens (tertiary/aromatic N) is 2. The number of benzene rings is 1. The molecule has 6 nitrogen and oxygen atoms in total. The molecule has 3 saturated carbocycles. The Morgan fingerprint density at radius 3 is 2.16 bits per heavy atom. The van der Waals surface area contributed by atoms with Gasteiger partial charge in [-0.25, -0.2) is 0 Å². The van der Waals surface area contributed by atoms with E-state index in [2.05, 4.69) is 54.0 Å². The summed E-state index contributed by atoms with van der Waals surface area (Å²) in [5, 5.41) is 13.1. The third kappa shape index (κ3) is 5.10. The van der Waals surface area contributed by atoms with Crippen LogP contribution in [0.15, 0.2) is 35.9 Å². The van der Waals surface area contributed by atoms with Gasteiger partial charge in [0.1, 0.15) is 11.4 Å². The fourth-order valence-corrected chi connectivity index (χ4v) is 11.1. The molecule has 6 aliphatic rings. The Balaban J connectivity index is 1.11. The van der Waals surface area contributed by atoms with E-state index < -0.39 is 11.2 Å². The first-order chi connectivity index (χ1) is 21.3. The number of fused-ring (bicyclic) bond motifs is 5. The van der Waals surface area contributed by atoms with Crippen molar-refractivity contribution in [1.29, 1.82) is 0 Å². The SMILES string of the molecule is COc1ccc([C@]2(OCCN3CCCC3)CC[C@]3(O)[C@@H]4CCC5=C[C@@H](OCCN6CCCC6)CC[C@]5(C)[C@H]4CC[C@]23C)cc1. The van der Waals surface area contributed by atoms with Crippen LogP contribution in [0.1, 0.15) is 96.5 Å². The fourth-order valence-electron chi connectivity index (χ4n) is 11.1. The van der Waals surface area contributed by atoms with Gasteiger partial charge < -0.3 is 29.1 Å². The molecule has 0 unspecified atom stereocenters. The Hall–Kier alpha value is -1.44. The Kier molecular flexibility index (Phi) is 8.71. The first-order valence-electron chi connectivity index (χ1n) is 18.1. The second-order valence-corrected chi connectivity index (χ2v) is 15.6. The van der Waals surface area contributed by atoms with Crippen molar-refractivity contribution < 1.29 is 19.3 Å². The van der Waals surface area contributed by atoms with Crippen molar-refractivity contribution in [3.05, 3.63) is 41.5 Å². The molecule has 6 heteroatoms. The van der Waals surface area contributed by atoms with Crippen molar-refractivity contribution in [2.75, 3.05) is 59.6 Å². The lowest BCUT2D eigenvalue weighted by Gasteiger charge is -2.63. The molecule has 7 rings (SSSR count). The molecule has 2 aliphatic heterocycles. The highest BCUT2D eigenvalue weighted by molar-refractivity contribution is 5.38. The minimum Gasteiger partial charge on any atom is -0.497 e. The van der Waals surface area contributed by atoms with Crippen LogP contribution < -0.4 is 4.74 Å². The lowest BCUT2D eigenvalue weighted by molar-refractivity contribution is -0.236. The summed E-state index contributed by atoms with van der Waals surface area (Å²) >= 11 is 0. The summed E-state index contributed by atoms with van der Waals surface area (Å²) in [6.07, 6.45) is 16.3. The Bertz CT molecular complexity index is 1180. The predicted molar refractivity (Wildman–Crippen MR) is 175 cm³/mol. The largest absolute Gasteiger partial charge is 0.497 e. The second-order valence-electron chi connectivity index (χ2n) is 15.6. The van der Waals surface area contributed by atoms with Crippen LogP contribution in [0.3, 0.4) is 0 Å². The number of ether oxygens (including phenoxy) is 3. The van der Waals surface area contributed by atoms with E-state index in [-0.39, 0.29) is 16.9 Å². The van der Waals surface area contributed by atoms with Crippen molar-refractivity contribution in [3.8, 4) is 5.75 Å². The number of methoxy groups -OCH3 is 1. The summed E-state index contributed by atoms with van der Waals surface area (Å²) in [6.45, 7) is 13.4. The molecule has 7 atom stereocenters. The van der Waals surface area contributed by atoms with Gasteiger partial charge in [0.15, 0.2) is 0 Å². The highest BCUT2D eigenvalue weighted by atomic mass is 16.5. The molecule has 5 fully saturated rings. The van der Waals surface area contributed by atoms with Gasteiger partial charge in [-0.15, -0.1) is 0 Å². The zero-order valence-corrected chi connectivity index (χ0v) is 27.8. The number of aliphatic hydroxyl groups is 1. The topological polar surface area (TPSA) is 54.4 Å². The van der Waals surface area contributed by atoms with Crippen molar-refractivity contribution in [1.82, 2.24) is 9.80 Å². The molecule has 2 heterocycles. The molecule has 44 heavy (non-hydrogen) atoms. The van der Waals surface area contributed by atoms with Gasteiger partial charge in [0.05, 0.1) is 32.0 Å². The smallest absolute Gasteiger partial charge is 0.118 e. The van der Waals surface area contributed by atoms with Crippen LogP contribution in [0.25, 0.3) is 0 Å². The van der Waals surface area contributed by atoms with Crippen molar-refractivity contribution in [2.24, 2.45) is 22.7 Å². The van der Waals surface area contributed by atoms with Crippen molar-refractivity contribution in [2.45, 2.75) is 108 Å². The predicted octanol–water partition coefficient (Wildman–Crippen LogP) is 6.56. The van der Waals surface area contributed by atoms with Gasteiger partial charge >= 0.3 is 0 Å². The van der Waals surface area contributed by atoms with Crippen LogP contribution in [0.4, 0.5) is 0 Å².